The molecule has 2 aromatic rings. The molecule has 20 heavy (non-hydrogen) atoms. The molecule has 1 aromatic carbocycles. The van der Waals surface area contributed by atoms with Gasteiger partial charge in [0.25, 0.3) is 5.22 Å². The van der Waals surface area contributed by atoms with Crippen molar-refractivity contribution in [3.8, 4) is 0 Å². The van der Waals surface area contributed by atoms with Crippen molar-refractivity contribution < 1.29 is 13.4 Å². The van der Waals surface area contributed by atoms with Crippen LogP contribution in [0.15, 0.2) is 27.8 Å². The van der Waals surface area contributed by atoms with Crippen LogP contribution in [-0.4, -0.2) is 27.4 Å². The number of nitrogens with two attached hydrogens (primary N) is 1. The van der Waals surface area contributed by atoms with E-state index >= 15 is 0 Å². The van der Waals surface area contributed by atoms with Crippen LogP contribution in [0, 0.1) is 5.92 Å². The van der Waals surface area contributed by atoms with E-state index in [1.807, 2.05) is 0 Å². The summed E-state index contributed by atoms with van der Waals surface area (Å²) in [6, 6.07) is 5.00. The Bertz CT molecular complexity index is 679. The molecule has 1 amide bonds. The predicted molar refractivity (Wildman–Crippen MR) is 75.4 cm³/mol. The second-order valence-corrected chi connectivity index (χ2v) is 6.27. The molecule has 1 aromatic heterocycles. The van der Waals surface area contributed by atoms with Gasteiger partial charge in [0.2, 0.25) is 5.91 Å². The zero-order valence-electron chi connectivity index (χ0n) is 10.8. The number of oxazole rings is 1. The zero-order chi connectivity index (χ0) is 14.1. The van der Waals surface area contributed by atoms with E-state index in [1.54, 1.807) is 18.2 Å². The van der Waals surface area contributed by atoms with Crippen molar-refractivity contribution in [1.29, 1.82) is 0 Å². The number of benzene rings is 1. The summed E-state index contributed by atoms with van der Waals surface area (Å²) in [4.78, 5) is 15.7. The highest BCUT2D eigenvalue weighted by Gasteiger charge is 2.23. The second-order valence-electron chi connectivity index (χ2n) is 4.94. The standard InChI is InChI=1S/C13H15N3O3S/c14-9-3-4-11-10(5-9)16-13(19-11)20(18)7-12(17)15-6-8-1-2-8/h3-5,8H,1-2,6-7,14H2,(H,15,17). The normalized spacial score (nSPS) is 16.2. The summed E-state index contributed by atoms with van der Waals surface area (Å²) in [6.07, 6.45) is 2.33. The van der Waals surface area contributed by atoms with Gasteiger partial charge in [-0.25, -0.2) is 9.19 Å². The van der Waals surface area contributed by atoms with Crippen molar-refractivity contribution >= 4 is 33.5 Å². The summed E-state index contributed by atoms with van der Waals surface area (Å²) in [5.74, 6) is 0.228. The summed E-state index contributed by atoms with van der Waals surface area (Å²) in [7, 11) is -1.58. The molecule has 1 atom stereocenters. The SMILES string of the molecule is Nc1ccc2oc(S(=O)CC(=O)NCC3CC3)nc2c1. The molecule has 1 aliphatic rings. The van der Waals surface area contributed by atoms with Crippen LogP contribution in [0.25, 0.3) is 11.1 Å². The highest BCUT2D eigenvalue weighted by atomic mass is 32.2. The number of nitrogens with one attached hydrogen (secondary N) is 1. The number of nitrogen functional groups attached to an aromatic ring is 1. The second kappa shape index (κ2) is 5.24. The molecule has 7 heteroatoms. The summed E-state index contributed by atoms with van der Waals surface area (Å²) < 4.78 is 17.4. The molecule has 0 spiro atoms. The Kier molecular flexibility index (Phi) is 3.43. The lowest BCUT2D eigenvalue weighted by Gasteiger charge is -2.01. The molecule has 0 saturated heterocycles. The first-order chi connectivity index (χ1) is 9.61. The number of aromatic nitrogens is 1. The smallest absolute Gasteiger partial charge is 0.288 e. The monoisotopic (exact) mass is 293 g/mol. The van der Waals surface area contributed by atoms with Gasteiger partial charge in [-0.15, -0.1) is 0 Å². The van der Waals surface area contributed by atoms with Gasteiger partial charge in [-0.1, -0.05) is 0 Å². The number of anilines is 1. The Morgan fingerprint density at radius 3 is 3.05 bits per heavy atom. The molecule has 1 unspecified atom stereocenters. The van der Waals surface area contributed by atoms with Crippen LogP contribution < -0.4 is 11.1 Å². The highest BCUT2D eigenvalue weighted by Crippen LogP contribution is 2.27. The van der Waals surface area contributed by atoms with Gasteiger partial charge in [0.1, 0.15) is 22.1 Å². The zero-order valence-corrected chi connectivity index (χ0v) is 11.6. The van der Waals surface area contributed by atoms with Gasteiger partial charge in [-0.05, 0) is 37.0 Å². The van der Waals surface area contributed by atoms with Crippen molar-refractivity contribution in [3.63, 3.8) is 0 Å². The first-order valence-corrected chi connectivity index (χ1v) is 7.75. The van der Waals surface area contributed by atoms with Crippen molar-refractivity contribution in [2.45, 2.75) is 18.1 Å². The fraction of sp³-hybridized carbons (Fsp3) is 0.385. The maximum absolute atomic E-state index is 12.0. The van der Waals surface area contributed by atoms with Gasteiger partial charge < -0.3 is 15.5 Å². The summed E-state index contributed by atoms with van der Waals surface area (Å²) >= 11 is 0. The van der Waals surface area contributed by atoms with Gasteiger partial charge in [0, 0.05) is 12.2 Å². The maximum atomic E-state index is 12.0. The number of amides is 1. The number of hydrogen-bond acceptors (Lipinski definition) is 5. The third-order valence-electron chi connectivity index (χ3n) is 3.13. The Labute approximate surface area is 118 Å². The quantitative estimate of drug-likeness (QED) is 0.803. The molecule has 0 aliphatic heterocycles. The summed E-state index contributed by atoms with van der Waals surface area (Å²) in [5, 5.41) is 2.83. The van der Waals surface area contributed by atoms with Crippen molar-refractivity contribution in [1.82, 2.24) is 10.3 Å². The largest absolute Gasteiger partial charge is 0.430 e. The van der Waals surface area contributed by atoms with Gasteiger partial charge in [0.15, 0.2) is 5.58 Å². The Hall–Kier alpha value is -1.89. The molecule has 1 fully saturated rings. The molecule has 1 heterocycles. The molecule has 3 rings (SSSR count). The molecule has 0 bridgehead atoms. The van der Waals surface area contributed by atoms with Crippen molar-refractivity contribution in [2.24, 2.45) is 5.92 Å². The predicted octanol–water partition coefficient (Wildman–Crippen LogP) is 1.04. The van der Waals surface area contributed by atoms with E-state index in [1.165, 1.54) is 0 Å². The molecule has 1 saturated carbocycles. The molecular formula is C13H15N3O3S. The molecule has 0 radical (unpaired) electrons. The van der Waals surface area contributed by atoms with Gasteiger partial charge in [0.05, 0.1) is 0 Å². The van der Waals surface area contributed by atoms with E-state index in [0.717, 1.165) is 12.8 Å². The summed E-state index contributed by atoms with van der Waals surface area (Å²) in [5.41, 5.74) is 7.27. The first kappa shape index (κ1) is 13.1. The van der Waals surface area contributed by atoms with E-state index in [0.29, 0.717) is 29.2 Å². The Morgan fingerprint density at radius 1 is 1.50 bits per heavy atom. The minimum absolute atomic E-state index is 0.0622. The van der Waals surface area contributed by atoms with E-state index < -0.39 is 10.8 Å². The number of carbonyl (C=O) groups excluding carboxylic acids is 1. The Balaban J connectivity index is 1.66. The lowest BCUT2D eigenvalue weighted by atomic mass is 10.3. The van der Waals surface area contributed by atoms with E-state index in [9.17, 15) is 9.00 Å². The third-order valence-corrected chi connectivity index (χ3v) is 4.22. The topological polar surface area (TPSA) is 98.2 Å². The van der Waals surface area contributed by atoms with Crippen LogP contribution >= 0.6 is 0 Å². The van der Waals surface area contributed by atoms with Crippen LogP contribution in [0.5, 0.6) is 0 Å². The minimum Gasteiger partial charge on any atom is -0.430 e. The van der Waals surface area contributed by atoms with Crippen LogP contribution in [0.4, 0.5) is 5.69 Å². The number of fused-ring (bicyclic) bond motifs is 1. The first-order valence-electron chi connectivity index (χ1n) is 6.43. The molecular weight excluding hydrogens is 278 g/mol. The lowest BCUT2D eigenvalue weighted by molar-refractivity contribution is -0.118. The number of nitrogens with zero attached hydrogens (tertiary/aromatic N) is 1. The molecule has 3 N–H and O–H groups in total. The van der Waals surface area contributed by atoms with Gasteiger partial charge in [-0.3, -0.25) is 4.79 Å². The third kappa shape index (κ3) is 2.98. The fourth-order valence-electron chi connectivity index (χ4n) is 1.83. The summed E-state index contributed by atoms with van der Waals surface area (Å²) in [6.45, 7) is 0.667. The van der Waals surface area contributed by atoms with Gasteiger partial charge >= 0.3 is 0 Å². The van der Waals surface area contributed by atoms with Crippen LogP contribution in [-0.2, 0) is 15.6 Å². The van der Waals surface area contributed by atoms with Crippen molar-refractivity contribution in [2.75, 3.05) is 18.0 Å². The number of hydrogen-bond donors (Lipinski definition) is 2. The average molecular weight is 293 g/mol. The van der Waals surface area contributed by atoms with Crippen LogP contribution in [0.2, 0.25) is 0 Å². The minimum atomic E-state index is -1.58. The molecule has 6 nitrogen and oxygen atoms in total. The van der Waals surface area contributed by atoms with Crippen molar-refractivity contribution in [3.05, 3.63) is 18.2 Å². The average Bonchev–Trinajstić information content (AvgIpc) is 3.14. The van der Waals surface area contributed by atoms with E-state index in [4.69, 9.17) is 10.2 Å². The molecule has 1 aliphatic carbocycles. The van der Waals surface area contributed by atoms with E-state index in [2.05, 4.69) is 10.3 Å². The highest BCUT2D eigenvalue weighted by molar-refractivity contribution is 7.85. The molecule has 106 valence electrons. The lowest BCUT2D eigenvalue weighted by Crippen LogP contribution is -2.30. The maximum Gasteiger partial charge on any atom is 0.288 e. The van der Waals surface area contributed by atoms with E-state index in [-0.39, 0.29) is 16.9 Å². The Morgan fingerprint density at radius 2 is 2.30 bits per heavy atom. The van der Waals surface area contributed by atoms with Crippen LogP contribution in [0.1, 0.15) is 12.8 Å². The van der Waals surface area contributed by atoms with Crippen LogP contribution in [0.3, 0.4) is 0 Å². The number of rotatable bonds is 5. The fourth-order valence-corrected chi connectivity index (χ4v) is 2.68. The number of carbonyl (C=O) groups is 1. The van der Waals surface area contributed by atoms with Gasteiger partial charge in [-0.2, -0.15) is 0 Å².